The minimum absolute atomic E-state index is 0.108. The molecule has 29 heavy (non-hydrogen) atoms. The third-order valence-corrected chi connectivity index (χ3v) is 6.94. The van der Waals surface area contributed by atoms with Crippen LogP contribution in [0.25, 0.3) is 0 Å². The average Bonchev–Trinajstić information content (AvgIpc) is 3.34. The molecule has 154 valence electrons. The highest BCUT2D eigenvalue weighted by Crippen LogP contribution is 2.39. The fraction of sp³-hybridized carbons (Fsp3) is 0.591. The minimum atomic E-state index is -0.556. The molecule has 3 atom stereocenters. The van der Waals surface area contributed by atoms with E-state index in [1.807, 2.05) is 12.1 Å². The summed E-state index contributed by atoms with van der Waals surface area (Å²) in [7, 11) is 0. The molecule has 4 heterocycles. The number of imide groups is 1. The Hall–Kier alpha value is -2.41. The van der Waals surface area contributed by atoms with Crippen molar-refractivity contribution in [2.24, 2.45) is 0 Å². The zero-order valence-electron chi connectivity index (χ0n) is 17.3. The van der Waals surface area contributed by atoms with Crippen LogP contribution in [0.2, 0.25) is 0 Å². The molecule has 7 heteroatoms. The molecule has 0 aliphatic carbocycles. The number of likely N-dealkylation sites (tertiary alicyclic amines) is 1. The van der Waals surface area contributed by atoms with Crippen molar-refractivity contribution in [3.05, 3.63) is 29.3 Å². The Morgan fingerprint density at radius 3 is 2.48 bits per heavy atom. The van der Waals surface area contributed by atoms with Crippen LogP contribution in [0.1, 0.15) is 56.0 Å². The van der Waals surface area contributed by atoms with Crippen molar-refractivity contribution in [1.29, 1.82) is 0 Å². The van der Waals surface area contributed by atoms with Crippen molar-refractivity contribution in [3.8, 4) is 0 Å². The molecule has 4 aliphatic heterocycles. The third-order valence-electron chi connectivity index (χ3n) is 6.94. The molecule has 3 fully saturated rings. The number of nitrogens with one attached hydrogen (secondary N) is 1. The van der Waals surface area contributed by atoms with Gasteiger partial charge in [-0.25, -0.2) is 0 Å². The van der Waals surface area contributed by atoms with Crippen molar-refractivity contribution < 1.29 is 14.4 Å². The lowest BCUT2D eigenvalue weighted by Gasteiger charge is -2.42. The maximum Gasteiger partial charge on any atom is 0.255 e. The van der Waals surface area contributed by atoms with Crippen molar-refractivity contribution in [1.82, 2.24) is 15.1 Å². The number of hydrogen-bond donors (Lipinski definition) is 1. The Labute approximate surface area is 171 Å². The average molecular weight is 396 g/mol. The molecule has 1 aromatic carbocycles. The number of nitrogens with zero attached hydrogens (tertiary/aromatic N) is 3. The molecule has 5 rings (SSSR count). The second-order valence-corrected chi connectivity index (χ2v) is 9.76. The van der Waals surface area contributed by atoms with Gasteiger partial charge in [-0.05, 0) is 57.4 Å². The van der Waals surface area contributed by atoms with Crippen molar-refractivity contribution in [2.45, 2.75) is 70.2 Å². The normalized spacial score (nSPS) is 29.6. The maximum absolute atomic E-state index is 12.9. The molecule has 0 saturated carbocycles. The Bertz CT molecular complexity index is 906. The summed E-state index contributed by atoms with van der Waals surface area (Å²) in [4.78, 5) is 43.2. The number of piperidine rings is 1. The SMILES string of the molecule is CC(C)(C)N1C[C@@H]2C[C@H]1CN2c1ccc2c(c1)CN(C1CCC(=O)NC1=O)C2=O. The van der Waals surface area contributed by atoms with Gasteiger partial charge in [-0.1, -0.05) is 0 Å². The zero-order valence-corrected chi connectivity index (χ0v) is 17.3. The van der Waals surface area contributed by atoms with Crippen molar-refractivity contribution in [2.75, 3.05) is 18.0 Å². The van der Waals surface area contributed by atoms with Gasteiger partial charge in [0.05, 0.1) is 0 Å². The van der Waals surface area contributed by atoms with Gasteiger partial charge in [0.2, 0.25) is 11.8 Å². The summed E-state index contributed by atoms with van der Waals surface area (Å²) < 4.78 is 0. The molecule has 2 bridgehead atoms. The minimum Gasteiger partial charge on any atom is -0.366 e. The van der Waals surface area contributed by atoms with Gasteiger partial charge < -0.3 is 9.80 Å². The predicted molar refractivity (Wildman–Crippen MR) is 108 cm³/mol. The number of benzene rings is 1. The fourth-order valence-corrected chi connectivity index (χ4v) is 5.54. The number of anilines is 1. The second kappa shape index (κ2) is 6.29. The molecular formula is C22H28N4O3. The molecule has 0 aromatic heterocycles. The molecule has 1 unspecified atom stereocenters. The first-order valence-electron chi connectivity index (χ1n) is 10.5. The van der Waals surface area contributed by atoms with Gasteiger partial charge in [0.15, 0.2) is 0 Å². The monoisotopic (exact) mass is 396 g/mol. The first kappa shape index (κ1) is 18.6. The van der Waals surface area contributed by atoms with Crippen LogP contribution in [-0.4, -0.2) is 64.3 Å². The first-order chi connectivity index (χ1) is 13.7. The van der Waals surface area contributed by atoms with Gasteiger partial charge in [-0.2, -0.15) is 0 Å². The van der Waals surface area contributed by atoms with Gasteiger partial charge in [0.1, 0.15) is 6.04 Å². The van der Waals surface area contributed by atoms with E-state index >= 15 is 0 Å². The highest BCUT2D eigenvalue weighted by Gasteiger charge is 2.47. The van der Waals surface area contributed by atoms with Gasteiger partial charge in [0.25, 0.3) is 5.91 Å². The lowest BCUT2D eigenvalue weighted by atomic mass is 10.0. The van der Waals surface area contributed by atoms with Crippen LogP contribution >= 0.6 is 0 Å². The predicted octanol–water partition coefficient (Wildman–Crippen LogP) is 1.51. The van der Waals surface area contributed by atoms with Crippen LogP contribution < -0.4 is 10.2 Å². The summed E-state index contributed by atoms with van der Waals surface area (Å²) in [5.41, 5.74) is 3.02. The zero-order chi connectivity index (χ0) is 20.5. The number of rotatable bonds is 2. The molecule has 3 saturated heterocycles. The molecule has 4 aliphatic rings. The number of carbonyl (C=O) groups excluding carboxylic acids is 3. The maximum atomic E-state index is 12.9. The van der Waals surface area contributed by atoms with Crippen LogP contribution in [0.4, 0.5) is 5.69 Å². The van der Waals surface area contributed by atoms with Crippen LogP contribution in [0.15, 0.2) is 18.2 Å². The van der Waals surface area contributed by atoms with Crippen LogP contribution in [0.3, 0.4) is 0 Å². The highest BCUT2D eigenvalue weighted by atomic mass is 16.2. The van der Waals surface area contributed by atoms with Gasteiger partial charge >= 0.3 is 0 Å². The summed E-state index contributed by atoms with van der Waals surface area (Å²) in [6.45, 7) is 9.37. The Balaban J connectivity index is 1.34. The standard InChI is InChI=1S/C22H28N4O3/c1-22(2,3)26-12-15-9-16(26)11-24(15)14-4-5-17-13(8-14)10-25(21(17)29)18-6-7-19(27)23-20(18)28/h4-5,8,15-16,18H,6-7,9-12H2,1-3H3,(H,23,27,28)/t15-,16-,18?/m0/s1. The lowest BCUT2D eigenvalue weighted by Crippen LogP contribution is -2.53. The first-order valence-corrected chi connectivity index (χ1v) is 10.5. The Morgan fingerprint density at radius 1 is 1.03 bits per heavy atom. The molecule has 1 aromatic rings. The van der Waals surface area contributed by atoms with E-state index in [4.69, 9.17) is 0 Å². The quantitative estimate of drug-likeness (QED) is 0.768. The Kier molecular flexibility index (Phi) is 4.04. The summed E-state index contributed by atoms with van der Waals surface area (Å²) in [6.07, 6.45) is 1.87. The van der Waals surface area contributed by atoms with E-state index < -0.39 is 6.04 Å². The number of amides is 3. The molecular weight excluding hydrogens is 368 g/mol. The lowest BCUT2D eigenvalue weighted by molar-refractivity contribution is -0.136. The van der Waals surface area contributed by atoms with Gasteiger partial charge in [0, 0.05) is 54.9 Å². The Morgan fingerprint density at radius 2 is 1.83 bits per heavy atom. The summed E-state index contributed by atoms with van der Waals surface area (Å²) in [6, 6.07) is 6.62. The van der Waals surface area contributed by atoms with Crippen LogP contribution in [-0.2, 0) is 16.1 Å². The summed E-state index contributed by atoms with van der Waals surface area (Å²) in [5, 5.41) is 2.36. The van der Waals surface area contributed by atoms with Crippen molar-refractivity contribution in [3.63, 3.8) is 0 Å². The van der Waals surface area contributed by atoms with Gasteiger partial charge in [-0.15, -0.1) is 0 Å². The molecule has 7 nitrogen and oxygen atoms in total. The van der Waals surface area contributed by atoms with Crippen molar-refractivity contribution >= 4 is 23.4 Å². The number of piperazine rings is 1. The second-order valence-electron chi connectivity index (χ2n) is 9.76. The van der Waals surface area contributed by atoms with Crippen LogP contribution in [0, 0.1) is 0 Å². The fourth-order valence-electron chi connectivity index (χ4n) is 5.54. The molecule has 3 amide bonds. The van der Waals surface area contributed by atoms with E-state index in [-0.39, 0.29) is 29.7 Å². The van der Waals surface area contributed by atoms with E-state index in [1.54, 1.807) is 4.90 Å². The number of hydrogen-bond acceptors (Lipinski definition) is 5. The van der Waals surface area contributed by atoms with E-state index in [0.29, 0.717) is 30.6 Å². The van der Waals surface area contributed by atoms with Gasteiger partial charge in [-0.3, -0.25) is 24.6 Å². The molecule has 0 radical (unpaired) electrons. The van der Waals surface area contributed by atoms with E-state index in [9.17, 15) is 14.4 Å². The molecule has 0 spiro atoms. The van der Waals surface area contributed by atoms with E-state index in [1.165, 1.54) is 12.1 Å². The van der Waals surface area contributed by atoms with E-state index in [0.717, 1.165) is 18.7 Å². The number of fused-ring (bicyclic) bond motifs is 3. The van der Waals surface area contributed by atoms with Crippen LogP contribution in [0.5, 0.6) is 0 Å². The topological polar surface area (TPSA) is 73.0 Å². The summed E-state index contributed by atoms with van der Waals surface area (Å²) >= 11 is 0. The smallest absolute Gasteiger partial charge is 0.255 e. The molecule has 1 N–H and O–H groups in total. The highest BCUT2D eigenvalue weighted by molar-refractivity contribution is 6.05. The largest absolute Gasteiger partial charge is 0.366 e. The van der Waals surface area contributed by atoms with E-state index in [2.05, 4.69) is 42.0 Å². The number of carbonyl (C=O) groups is 3. The third kappa shape index (κ3) is 2.94. The summed E-state index contributed by atoms with van der Waals surface area (Å²) in [5.74, 6) is -0.726.